The van der Waals surface area contributed by atoms with Gasteiger partial charge in [-0.15, -0.1) is 0 Å². The molecule has 0 radical (unpaired) electrons. The Morgan fingerprint density at radius 3 is 2.80 bits per heavy atom. The molecule has 0 bridgehead atoms. The summed E-state index contributed by atoms with van der Waals surface area (Å²) in [5, 5.41) is 9.67. The van der Waals surface area contributed by atoms with Crippen molar-refractivity contribution in [3.05, 3.63) is 28.2 Å². The highest BCUT2D eigenvalue weighted by Gasteiger charge is 2.44. The molecular weight excluding hydrogens is 320 g/mol. The maximum atomic E-state index is 11.8. The van der Waals surface area contributed by atoms with Gasteiger partial charge in [0.25, 0.3) is 0 Å². The highest BCUT2D eigenvalue weighted by molar-refractivity contribution is 9.10. The summed E-state index contributed by atoms with van der Waals surface area (Å²) >= 11 is 3.46. The standard InChI is InChI=1S/C16H21BrO3/c1-3-11-6-7-16(9-11,15(18)19)10-12-4-5-14(20-2)13(17)8-12/h4-5,8,11H,3,6-7,9-10H2,1-2H3,(H,18,19). The maximum absolute atomic E-state index is 11.8. The quantitative estimate of drug-likeness (QED) is 0.869. The van der Waals surface area contributed by atoms with Crippen LogP contribution in [0.15, 0.2) is 22.7 Å². The number of halogens is 1. The molecule has 1 aromatic carbocycles. The van der Waals surface area contributed by atoms with Crippen LogP contribution in [0.25, 0.3) is 0 Å². The van der Waals surface area contributed by atoms with Crippen molar-refractivity contribution in [2.24, 2.45) is 11.3 Å². The molecule has 0 saturated heterocycles. The molecule has 2 rings (SSSR count). The molecule has 0 heterocycles. The van der Waals surface area contributed by atoms with Crippen LogP contribution in [0.5, 0.6) is 5.75 Å². The second-order valence-electron chi connectivity index (χ2n) is 5.75. The molecule has 2 atom stereocenters. The van der Waals surface area contributed by atoms with E-state index < -0.39 is 11.4 Å². The SMILES string of the molecule is CCC1CCC(Cc2ccc(OC)c(Br)c2)(C(=O)O)C1. The van der Waals surface area contributed by atoms with Crippen molar-refractivity contribution < 1.29 is 14.6 Å². The van der Waals surface area contributed by atoms with E-state index in [0.29, 0.717) is 12.3 Å². The minimum atomic E-state index is -0.652. The fourth-order valence-corrected chi connectivity index (χ4v) is 3.81. The molecule has 3 nitrogen and oxygen atoms in total. The van der Waals surface area contributed by atoms with Crippen LogP contribution in [0.2, 0.25) is 0 Å². The summed E-state index contributed by atoms with van der Waals surface area (Å²) in [6.45, 7) is 2.15. The summed E-state index contributed by atoms with van der Waals surface area (Å²) in [5.41, 5.74) is 0.464. The molecular formula is C16H21BrO3. The van der Waals surface area contributed by atoms with Crippen molar-refractivity contribution in [1.29, 1.82) is 0 Å². The lowest BCUT2D eigenvalue weighted by molar-refractivity contribution is -0.148. The van der Waals surface area contributed by atoms with Gasteiger partial charge in [-0.25, -0.2) is 0 Å². The van der Waals surface area contributed by atoms with E-state index in [1.807, 2.05) is 18.2 Å². The Balaban J connectivity index is 2.21. The zero-order valence-corrected chi connectivity index (χ0v) is 13.6. The van der Waals surface area contributed by atoms with Crippen molar-refractivity contribution in [2.45, 2.75) is 39.0 Å². The van der Waals surface area contributed by atoms with Gasteiger partial charge >= 0.3 is 5.97 Å². The highest BCUT2D eigenvalue weighted by atomic mass is 79.9. The molecule has 110 valence electrons. The fourth-order valence-electron chi connectivity index (χ4n) is 3.23. The number of ether oxygens (including phenoxy) is 1. The van der Waals surface area contributed by atoms with E-state index in [2.05, 4.69) is 22.9 Å². The number of carboxylic acid groups (broad SMARTS) is 1. The normalized spacial score (nSPS) is 25.6. The molecule has 1 aliphatic rings. The first kappa shape index (κ1) is 15.4. The van der Waals surface area contributed by atoms with Gasteiger partial charge in [0.2, 0.25) is 0 Å². The Morgan fingerprint density at radius 1 is 1.55 bits per heavy atom. The van der Waals surface area contributed by atoms with Gasteiger partial charge < -0.3 is 9.84 Å². The van der Waals surface area contributed by atoms with Gasteiger partial charge in [-0.3, -0.25) is 4.79 Å². The van der Waals surface area contributed by atoms with Crippen LogP contribution in [-0.4, -0.2) is 18.2 Å². The number of methoxy groups -OCH3 is 1. The summed E-state index contributed by atoms with van der Waals surface area (Å²) in [5.74, 6) is 0.671. The van der Waals surface area contributed by atoms with Crippen LogP contribution in [-0.2, 0) is 11.2 Å². The third-order valence-electron chi connectivity index (χ3n) is 4.50. The van der Waals surface area contributed by atoms with Gasteiger partial charge in [0.15, 0.2) is 0 Å². The van der Waals surface area contributed by atoms with Crippen molar-refractivity contribution in [2.75, 3.05) is 7.11 Å². The van der Waals surface area contributed by atoms with E-state index in [-0.39, 0.29) is 0 Å². The minimum Gasteiger partial charge on any atom is -0.496 e. The van der Waals surface area contributed by atoms with Crippen LogP contribution < -0.4 is 4.74 Å². The Kier molecular flexibility index (Phi) is 4.74. The summed E-state index contributed by atoms with van der Waals surface area (Å²) in [6.07, 6.45) is 4.27. The van der Waals surface area contributed by atoms with Crippen molar-refractivity contribution in [3.63, 3.8) is 0 Å². The van der Waals surface area contributed by atoms with Crippen LogP contribution in [0.3, 0.4) is 0 Å². The zero-order valence-electron chi connectivity index (χ0n) is 12.0. The number of aliphatic carboxylic acids is 1. The van der Waals surface area contributed by atoms with Gasteiger partial charge in [0.05, 0.1) is 17.0 Å². The third kappa shape index (κ3) is 3.00. The highest BCUT2D eigenvalue weighted by Crippen LogP contribution is 2.46. The van der Waals surface area contributed by atoms with E-state index in [9.17, 15) is 9.90 Å². The molecule has 1 saturated carbocycles. The molecule has 0 aliphatic heterocycles. The number of carbonyl (C=O) groups is 1. The molecule has 1 aliphatic carbocycles. The van der Waals surface area contributed by atoms with Gasteiger partial charge in [0, 0.05) is 0 Å². The van der Waals surface area contributed by atoms with Crippen molar-refractivity contribution in [1.82, 2.24) is 0 Å². The third-order valence-corrected chi connectivity index (χ3v) is 5.12. The average Bonchev–Trinajstić information content (AvgIpc) is 2.84. The lowest BCUT2D eigenvalue weighted by atomic mass is 9.79. The molecule has 0 aromatic heterocycles. The van der Waals surface area contributed by atoms with Crippen LogP contribution in [0.4, 0.5) is 0 Å². The van der Waals surface area contributed by atoms with Gasteiger partial charge in [-0.05, 0) is 65.2 Å². The zero-order chi connectivity index (χ0) is 14.8. The van der Waals surface area contributed by atoms with E-state index in [0.717, 1.165) is 41.5 Å². The van der Waals surface area contributed by atoms with E-state index >= 15 is 0 Å². The molecule has 0 amide bonds. The van der Waals surface area contributed by atoms with Crippen LogP contribution in [0, 0.1) is 11.3 Å². The minimum absolute atomic E-state index is 0.549. The van der Waals surface area contributed by atoms with Crippen LogP contribution in [0.1, 0.15) is 38.2 Å². The smallest absolute Gasteiger partial charge is 0.309 e. The largest absolute Gasteiger partial charge is 0.496 e. The Hall–Kier alpha value is -1.03. The molecule has 1 N–H and O–H groups in total. The summed E-state index contributed by atoms with van der Waals surface area (Å²) in [7, 11) is 1.63. The van der Waals surface area contributed by atoms with Crippen molar-refractivity contribution in [3.8, 4) is 5.75 Å². The first-order valence-corrected chi connectivity index (χ1v) is 7.86. The molecule has 1 fully saturated rings. The number of carboxylic acids is 1. The van der Waals surface area contributed by atoms with Crippen molar-refractivity contribution >= 4 is 21.9 Å². The number of rotatable bonds is 5. The van der Waals surface area contributed by atoms with Gasteiger partial charge in [0.1, 0.15) is 5.75 Å². The summed E-state index contributed by atoms with van der Waals surface area (Å²) < 4.78 is 6.09. The predicted molar refractivity (Wildman–Crippen MR) is 82.1 cm³/mol. The second-order valence-corrected chi connectivity index (χ2v) is 6.60. The molecule has 2 unspecified atom stereocenters. The molecule has 0 spiro atoms. The number of benzene rings is 1. The lowest BCUT2D eigenvalue weighted by Crippen LogP contribution is -2.30. The topological polar surface area (TPSA) is 46.5 Å². The van der Waals surface area contributed by atoms with E-state index in [4.69, 9.17) is 4.74 Å². The second kappa shape index (κ2) is 6.17. The first-order chi connectivity index (χ1) is 9.50. The summed E-state index contributed by atoms with van der Waals surface area (Å²) in [6, 6.07) is 5.83. The monoisotopic (exact) mass is 340 g/mol. The van der Waals surface area contributed by atoms with Gasteiger partial charge in [-0.2, -0.15) is 0 Å². The van der Waals surface area contributed by atoms with Gasteiger partial charge in [-0.1, -0.05) is 19.4 Å². The summed E-state index contributed by atoms with van der Waals surface area (Å²) in [4.78, 5) is 11.8. The first-order valence-electron chi connectivity index (χ1n) is 7.06. The van der Waals surface area contributed by atoms with Crippen LogP contribution >= 0.6 is 15.9 Å². The maximum Gasteiger partial charge on any atom is 0.309 e. The predicted octanol–water partition coefficient (Wildman–Crippen LogP) is 4.28. The van der Waals surface area contributed by atoms with E-state index in [1.165, 1.54) is 0 Å². The Morgan fingerprint density at radius 2 is 2.30 bits per heavy atom. The Bertz CT molecular complexity index is 500. The number of hydrogen-bond acceptors (Lipinski definition) is 2. The Labute approximate surface area is 128 Å². The molecule has 1 aromatic rings. The fraction of sp³-hybridized carbons (Fsp3) is 0.562. The number of hydrogen-bond donors (Lipinski definition) is 1. The average molecular weight is 341 g/mol. The molecule has 4 heteroatoms. The molecule has 20 heavy (non-hydrogen) atoms. The van der Waals surface area contributed by atoms with E-state index in [1.54, 1.807) is 7.11 Å². The lowest BCUT2D eigenvalue weighted by Gasteiger charge is -2.25.